The minimum Gasteiger partial charge on any atom is -0.341 e. The molecule has 3 rings (SSSR count). The Bertz CT molecular complexity index is 470. The lowest BCUT2D eigenvalue weighted by Gasteiger charge is -2.43. The number of piperidine rings is 2. The molecule has 0 unspecified atom stereocenters. The molecule has 3 fully saturated rings. The van der Waals surface area contributed by atoms with Gasteiger partial charge >= 0.3 is 0 Å². The third kappa shape index (κ3) is 4.51. The number of carbonyl (C=O) groups excluding carboxylic acids is 2. The second-order valence-corrected chi connectivity index (χ2v) is 7.78. The summed E-state index contributed by atoms with van der Waals surface area (Å²) >= 11 is 0. The summed E-state index contributed by atoms with van der Waals surface area (Å²) in [7, 11) is 2.12. The van der Waals surface area contributed by atoms with Crippen molar-refractivity contribution in [2.75, 3.05) is 66.0 Å². The number of piperazine rings is 1. The van der Waals surface area contributed by atoms with Gasteiger partial charge in [-0.25, -0.2) is 0 Å². The van der Waals surface area contributed by atoms with E-state index in [1.54, 1.807) is 0 Å². The third-order valence-electron chi connectivity index (χ3n) is 6.13. The predicted octanol–water partition coefficient (Wildman–Crippen LogP) is -0.578. The number of likely N-dealkylation sites (tertiary alicyclic amines) is 2. The van der Waals surface area contributed by atoms with Crippen LogP contribution in [-0.2, 0) is 9.59 Å². The second kappa shape index (κ2) is 8.47. The molecule has 0 aromatic carbocycles. The molecule has 3 aliphatic heterocycles. The number of hydrogen-bond acceptors (Lipinski definition) is 5. The van der Waals surface area contributed by atoms with Gasteiger partial charge in [0.25, 0.3) is 0 Å². The molecule has 3 saturated heterocycles. The van der Waals surface area contributed by atoms with Crippen LogP contribution in [-0.4, -0.2) is 103 Å². The quantitative estimate of drug-likeness (QED) is 0.737. The van der Waals surface area contributed by atoms with Crippen LogP contribution in [0.3, 0.4) is 0 Å². The highest BCUT2D eigenvalue weighted by atomic mass is 16.2. The Morgan fingerprint density at radius 1 is 0.920 bits per heavy atom. The average molecular weight is 351 g/mol. The molecule has 7 nitrogen and oxygen atoms in total. The van der Waals surface area contributed by atoms with E-state index in [1.807, 2.05) is 4.90 Å². The van der Waals surface area contributed by atoms with Crippen LogP contribution in [0.25, 0.3) is 0 Å². The molecule has 7 heteroatoms. The molecule has 0 aromatic heterocycles. The Balaban J connectivity index is 1.50. The first-order valence-electron chi connectivity index (χ1n) is 9.77. The van der Waals surface area contributed by atoms with E-state index in [9.17, 15) is 9.59 Å². The maximum atomic E-state index is 12.9. The lowest BCUT2D eigenvalue weighted by Crippen LogP contribution is -2.54. The largest absolute Gasteiger partial charge is 0.341 e. The minimum absolute atomic E-state index is 0.0558. The van der Waals surface area contributed by atoms with E-state index in [4.69, 9.17) is 5.73 Å². The van der Waals surface area contributed by atoms with Crippen molar-refractivity contribution in [3.63, 3.8) is 0 Å². The van der Waals surface area contributed by atoms with Crippen molar-refractivity contribution < 1.29 is 9.59 Å². The number of carbonyl (C=O) groups is 2. The first kappa shape index (κ1) is 18.6. The summed E-state index contributed by atoms with van der Waals surface area (Å²) < 4.78 is 0. The molecule has 0 saturated carbocycles. The van der Waals surface area contributed by atoms with Crippen LogP contribution in [0.1, 0.15) is 25.7 Å². The van der Waals surface area contributed by atoms with Gasteiger partial charge in [0.05, 0.1) is 12.5 Å². The highest BCUT2D eigenvalue weighted by Crippen LogP contribution is 2.25. The van der Waals surface area contributed by atoms with Crippen LogP contribution in [0.4, 0.5) is 0 Å². The summed E-state index contributed by atoms with van der Waals surface area (Å²) in [4.78, 5) is 33.3. The van der Waals surface area contributed by atoms with Crippen LogP contribution >= 0.6 is 0 Å². The van der Waals surface area contributed by atoms with Crippen molar-refractivity contribution >= 4 is 11.8 Å². The lowest BCUT2D eigenvalue weighted by atomic mass is 9.92. The molecule has 3 aliphatic rings. The third-order valence-corrected chi connectivity index (χ3v) is 6.13. The van der Waals surface area contributed by atoms with Crippen molar-refractivity contribution in [3.05, 3.63) is 0 Å². The van der Waals surface area contributed by atoms with Gasteiger partial charge in [-0.2, -0.15) is 0 Å². The van der Waals surface area contributed by atoms with Gasteiger partial charge in [-0.1, -0.05) is 0 Å². The van der Waals surface area contributed by atoms with Gasteiger partial charge in [0.15, 0.2) is 0 Å². The van der Waals surface area contributed by atoms with E-state index in [0.717, 1.165) is 78.0 Å². The predicted molar refractivity (Wildman–Crippen MR) is 97.0 cm³/mol. The molecular formula is C18H33N5O2. The van der Waals surface area contributed by atoms with E-state index in [-0.39, 0.29) is 18.4 Å². The summed E-state index contributed by atoms with van der Waals surface area (Å²) in [6.07, 6.45) is 4.13. The van der Waals surface area contributed by atoms with Gasteiger partial charge in [0.1, 0.15) is 0 Å². The van der Waals surface area contributed by atoms with Gasteiger partial charge in [-0.3, -0.25) is 14.5 Å². The molecule has 0 aliphatic carbocycles. The van der Waals surface area contributed by atoms with Crippen molar-refractivity contribution in [3.8, 4) is 0 Å². The monoisotopic (exact) mass is 351 g/mol. The minimum atomic E-state index is 0.0558. The van der Waals surface area contributed by atoms with Crippen LogP contribution in [0.2, 0.25) is 0 Å². The fraction of sp³-hybridized carbons (Fsp3) is 0.889. The van der Waals surface area contributed by atoms with Crippen molar-refractivity contribution in [2.24, 2.45) is 11.7 Å². The molecule has 3 heterocycles. The van der Waals surface area contributed by atoms with Crippen molar-refractivity contribution in [1.29, 1.82) is 0 Å². The molecule has 1 atom stereocenters. The number of likely N-dealkylation sites (N-methyl/N-ethyl adjacent to an activating group) is 1. The van der Waals surface area contributed by atoms with Gasteiger partial charge in [0.2, 0.25) is 11.8 Å². The summed E-state index contributed by atoms with van der Waals surface area (Å²) in [5.41, 5.74) is 5.46. The highest BCUT2D eigenvalue weighted by molar-refractivity contribution is 5.79. The fourth-order valence-electron chi connectivity index (χ4n) is 4.43. The van der Waals surface area contributed by atoms with Crippen molar-refractivity contribution in [2.45, 2.75) is 31.7 Å². The summed E-state index contributed by atoms with van der Waals surface area (Å²) in [5, 5.41) is 0. The number of rotatable bonds is 3. The van der Waals surface area contributed by atoms with E-state index in [0.29, 0.717) is 11.9 Å². The van der Waals surface area contributed by atoms with Gasteiger partial charge in [-0.15, -0.1) is 0 Å². The standard InChI is InChI=1S/C18H33N5O2/c1-20-9-11-22(12-10-20)18(25)15-3-2-6-23(14-15)16-4-7-21(8-5-16)17(24)13-19/h15-16H,2-14,19H2,1H3/t15-/m1/s1. The molecule has 142 valence electrons. The normalized spacial score (nSPS) is 27.5. The van der Waals surface area contributed by atoms with Crippen molar-refractivity contribution in [1.82, 2.24) is 19.6 Å². The molecule has 2 N–H and O–H groups in total. The van der Waals surface area contributed by atoms with Crippen LogP contribution < -0.4 is 5.73 Å². The Hall–Kier alpha value is -1.18. The number of nitrogens with two attached hydrogens (primary N) is 1. The van der Waals surface area contributed by atoms with Crippen LogP contribution in [0.15, 0.2) is 0 Å². The van der Waals surface area contributed by atoms with Crippen LogP contribution in [0.5, 0.6) is 0 Å². The zero-order valence-corrected chi connectivity index (χ0v) is 15.5. The van der Waals surface area contributed by atoms with Gasteiger partial charge in [-0.05, 0) is 39.3 Å². The topological polar surface area (TPSA) is 73.1 Å². The molecule has 0 bridgehead atoms. The SMILES string of the molecule is CN1CCN(C(=O)[C@@H]2CCCN(C3CCN(C(=O)CN)CC3)C2)CC1. The number of hydrogen-bond donors (Lipinski definition) is 1. The first-order valence-corrected chi connectivity index (χ1v) is 9.77. The molecular weight excluding hydrogens is 318 g/mol. The zero-order chi connectivity index (χ0) is 17.8. The van der Waals surface area contributed by atoms with E-state index in [1.165, 1.54) is 0 Å². The maximum absolute atomic E-state index is 12.9. The lowest BCUT2D eigenvalue weighted by molar-refractivity contribution is -0.139. The first-order chi connectivity index (χ1) is 12.1. The van der Waals surface area contributed by atoms with Gasteiger partial charge in [0, 0.05) is 51.9 Å². The Labute approximate surface area is 151 Å². The Morgan fingerprint density at radius 2 is 1.60 bits per heavy atom. The molecule has 0 radical (unpaired) electrons. The van der Waals surface area contributed by atoms with Gasteiger partial charge < -0.3 is 20.4 Å². The van der Waals surface area contributed by atoms with E-state index in [2.05, 4.69) is 21.7 Å². The van der Waals surface area contributed by atoms with Crippen LogP contribution in [0, 0.1) is 5.92 Å². The number of nitrogens with zero attached hydrogens (tertiary/aromatic N) is 4. The summed E-state index contributed by atoms with van der Waals surface area (Å²) in [5.74, 6) is 0.564. The zero-order valence-electron chi connectivity index (χ0n) is 15.5. The Morgan fingerprint density at radius 3 is 2.24 bits per heavy atom. The highest BCUT2D eigenvalue weighted by Gasteiger charge is 2.34. The smallest absolute Gasteiger partial charge is 0.236 e. The molecule has 25 heavy (non-hydrogen) atoms. The summed E-state index contributed by atoms with van der Waals surface area (Å²) in [6, 6.07) is 0.505. The van der Waals surface area contributed by atoms with E-state index < -0.39 is 0 Å². The molecule has 0 aromatic rings. The summed E-state index contributed by atoms with van der Waals surface area (Å²) in [6.45, 7) is 7.38. The average Bonchev–Trinajstić information content (AvgIpc) is 2.67. The Kier molecular flexibility index (Phi) is 6.30. The molecule has 0 spiro atoms. The maximum Gasteiger partial charge on any atom is 0.236 e. The number of amides is 2. The second-order valence-electron chi connectivity index (χ2n) is 7.78. The van der Waals surface area contributed by atoms with E-state index >= 15 is 0 Å². The molecule has 2 amide bonds. The fourth-order valence-corrected chi connectivity index (χ4v) is 4.43.